The van der Waals surface area contributed by atoms with Gasteiger partial charge in [-0.25, -0.2) is 19.2 Å². The maximum absolute atomic E-state index is 15.1. The molecule has 0 saturated carbocycles. The lowest BCUT2D eigenvalue weighted by Crippen LogP contribution is -2.50. The number of carbonyl (C=O) groups excluding carboxylic acids is 13. The number of para-hydroxylation sites is 1. The summed E-state index contributed by atoms with van der Waals surface area (Å²) >= 11 is 25.1. The Morgan fingerprint density at radius 3 is 0.917 bits per heavy atom. The number of alkyl carbamates (subject to hydrolysis) is 4. The van der Waals surface area contributed by atoms with E-state index in [0.717, 1.165) is 16.6 Å². The average molecular weight is 1930 g/mol. The molecule has 6 rings (SSSR count). The molecule has 0 saturated heterocycles. The second-order valence-electron chi connectivity index (χ2n) is 31.5. The number of amides is 13. The molecule has 1 heterocycles. The fourth-order valence-electron chi connectivity index (χ4n) is 13.8. The Morgan fingerprint density at radius 2 is 0.602 bits per heavy atom. The second kappa shape index (κ2) is 65.5. The van der Waals surface area contributed by atoms with Crippen molar-refractivity contribution < 1.29 is 81.3 Å². The number of aromatic amines is 1. The van der Waals surface area contributed by atoms with E-state index in [2.05, 4.69) is 74.1 Å². The topological polar surface area (TPSA) is 542 Å². The van der Waals surface area contributed by atoms with Crippen molar-refractivity contribution in [1.29, 1.82) is 0 Å². The van der Waals surface area contributed by atoms with Crippen molar-refractivity contribution in [2.24, 2.45) is 22.9 Å². The predicted octanol–water partition coefficient (Wildman–Crippen LogP) is 6.77. The number of ether oxygens (including phenoxy) is 4. The Bertz CT molecular complexity index is 4340. The molecule has 0 aliphatic heterocycles. The van der Waals surface area contributed by atoms with Gasteiger partial charge in [-0.2, -0.15) is 0 Å². The van der Waals surface area contributed by atoms with Gasteiger partial charge in [-0.15, -0.1) is 0 Å². The Kier molecular flexibility index (Phi) is 54.5. The van der Waals surface area contributed by atoms with Gasteiger partial charge < -0.3 is 121 Å². The summed E-state index contributed by atoms with van der Waals surface area (Å²) in [5, 5.41) is 38.6. The Labute approximate surface area is 796 Å². The van der Waals surface area contributed by atoms with Crippen molar-refractivity contribution in [3.05, 3.63) is 175 Å². The number of rotatable bonds is 66. The van der Waals surface area contributed by atoms with E-state index < -0.39 is 108 Å². The van der Waals surface area contributed by atoms with Gasteiger partial charge in [0.15, 0.2) is 0 Å². The summed E-state index contributed by atoms with van der Waals surface area (Å²) in [6, 6.07) is 32.1. The van der Waals surface area contributed by atoms with Crippen molar-refractivity contribution in [1.82, 2.24) is 83.9 Å². The maximum atomic E-state index is 15.1. The number of fused-ring (bicyclic) bond motifs is 1. The quantitative estimate of drug-likeness (QED) is 0.0138. The summed E-state index contributed by atoms with van der Waals surface area (Å²) in [6.45, 7) is 1.23. The number of nitrogens with one attached hydrogen (secondary N) is 14. The van der Waals surface area contributed by atoms with E-state index in [-0.39, 0.29) is 176 Å². The highest BCUT2D eigenvalue weighted by atomic mass is 35.5. The van der Waals surface area contributed by atoms with E-state index in [1.165, 1.54) is 0 Å². The second-order valence-corrected chi connectivity index (χ2v) is 33.1. The summed E-state index contributed by atoms with van der Waals surface area (Å²) in [5.74, 6) is -4.25. The van der Waals surface area contributed by atoms with E-state index in [4.69, 9.17) is 88.3 Å². The number of nitrogens with two attached hydrogens (primary N) is 4. The first-order valence-electron chi connectivity index (χ1n) is 45.3. The molecule has 0 radical (unpaired) electrons. The molecule has 37 nitrogen and oxygen atoms in total. The first kappa shape index (κ1) is 111. The van der Waals surface area contributed by atoms with Crippen LogP contribution < -0.4 is 92.1 Å². The Hall–Kier alpha value is -11.1. The number of benzene rings is 5. The first-order chi connectivity index (χ1) is 64.4. The molecule has 22 N–H and O–H groups in total. The Balaban J connectivity index is 1.18. The van der Waals surface area contributed by atoms with Gasteiger partial charge in [-0.1, -0.05) is 144 Å². The van der Waals surface area contributed by atoms with Crippen LogP contribution in [0.1, 0.15) is 150 Å². The van der Waals surface area contributed by atoms with Gasteiger partial charge in [0.1, 0.15) is 50.6 Å². The highest BCUT2D eigenvalue weighted by Crippen LogP contribution is 2.22. The van der Waals surface area contributed by atoms with Crippen molar-refractivity contribution in [3.63, 3.8) is 0 Å². The fourth-order valence-corrected chi connectivity index (χ4v) is 14.6. The van der Waals surface area contributed by atoms with Gasteiger partial charge in [0, 0.05) is 171 Å². The van der Waals surface area contributed by atoms with Crippen LogP contribution in [0.15, 0.2) is 127 Å². The number of hydrogen-bond donors (Lipinski definition) is 18. The van der Waals surface area contributed by atoms with Gasteiger partial charge in [-0.3, -0.25) is 48.1 Å². The zero-order valence-electron chi connectivity index (χ0n) is 75.4. The van der Waals surface area contributed by atoms with Crippen LogP contribution in [0.2, 0.25) is 20.1 Å². The summed E-state index contributed by atoms with van der Waals surface area (Å²) in [6.07, 6.45) is 2.68. The van der Waals surface area contributed by atoms with Crippen LogP contribution in [0, 0.1) is 0 Å². The van der Waals surface area contributed by atoms with Crippen molar-refractivity contribution in [3.8, 4) is 0 Å². The minimum Gasteiger partial charge on any atom is -0.445 e. The summed E-state index contributed by atoms with van der Waals surface area (Å²) in [4.78, 5) is 184. The highest BCUT2D eigenvalue weighted by Gasteiger charge is 2.30. The van der Waals surface area contributed by atoms with Gasteiger partial charge in [-0.05, 0) is 164 Å². The number of carbonyl (C=O) groups is 13. The third-order valence-electron chi connectivity index (χ3n) is 21.3. The number of hydrogen-bond acceptors (Lipinski definition) is 23. The molecule has 1 aromatic heterocycles. The summed E-state index contributed by atoms with van der Waals surface area (Å²) in [7, 11) is 0. The maximum Gasteiger partial charge on any atom is 0.408 e. The first-order valence-corrected chi connectivity index (χ1v) is 46.8. The van der Waals surface area contributed by atoms with Gasteiger partial charge in [0.25, 0.3) is 0 Å². The smallest absolute Gasteiger partial charge is 0.408 e. The number of aromatic nitrogens is 1. The van der Waals surface area contributed by atoms with E-state index in [9.17, 15) is 57.5 Å². The number of halogens is 4. The van der Waals surface area contributed by atoms with Crippen molar-refractivity contribution >= 4 is 135 Å². The normalized spacial score (nSPS) is 12.2. The van der Waals surface area contributed by atoms with E-state index in [0.29, 0.717) is 139 Å². The zero-order chi connectivity index (χ0) is 96.2. The monoisotopic (exact) mass is 1930 g/mol. The lowest BCUT2D eigenvalue weighted by atomic mass is 10.0. The number of H-pyrrole nitrogens is 1. The van der Waals surface area contributed by atoms with E-state index >= 15 is 4.79 Å². The summed E-state index contributed by atoms with van der Waals surface area (Å²) in [5.41, 5.74) is 27.0. The fraction of sp³-hybridized carbons (Fsp3) is 0.511. The van der Waals surface area contributed by atoms with Crippen molar-refractivity contribution in [2.45, 2.75) is 185 Å². The van der Waals surface area contributed by atoms with Crippen LogP contribution in [-0.4, -0.2) is 240 Å². The molecule has 0 spiro atoms. The molecule has 0 aliphatic rings. The molecule has 41 heteroatoms. The van der Waals surface area contributed by atoms with Crippen LogP contribution >= 0.6 is 46.4 Å². The third-order valence-corrected chi connectivity index (χ3v) is 22.7. The molecule has 133 heavy (non-hydrogen) atoms. The molecule has 0 bridgehead atoms. The van der Waals surface area contributed by atoms with E-state index in [1.54, 1.807) is 102 Å². The zero-order valence-corrected chi connectivity index (χ0v) is 78.4. The van der Waals surface area contributed by atoms with Crippen LogP contribution in [0.25, 0.3) is 10.9 Å². The van der Waals surface area contributed by atoms with Gasteiger partial charge in [0.05, 0.1) is 6.04 Å². The predicted molar refractivity (Wildman–Crippen MR) is 509 cm³/mol. The molecule has 5 atom stereocenters. The molecule has 0 unspecified atom stereocenters. The molecule has 5 aromatic carbocycles. The summed E-state index contributed by atoms with van der Waals surface area (Å²) < 4.78 is 21.6. The van der Waals surface area contributed by atoms with E-state index in [1.807, 2.05) is 35.2 Å². The Morgan fingerprint density at radius 1 is 0.316 bits per heavy atom. The largest absolute Gasteiger partial charge is 0.445 e. The molecular weight excluding hydrogens is 1800 g/mol. The average Bonchev–Trinajstić information content (AvgIpc) is 1.71. The SMILES string of the molecule is NCCCC[C@H](NC(=O)OCc1ccccc1Cl)C(=O)NCCNC(=O)CCN(CCCC[C@H](C(=O)NCCc1cc2ccccc2[nH]1)N(CCC(=O)NCCNC(=O)[C@H](CCCCN)NC(=O)OCc1ccccc1Cl)CCC(=O)NCCNC(=O)[C@H](CCCCN)NC(=O)OCc1ccccc1Cl)CCC(=O)NCCNC(=O)[C@H](CCCCN)NC(=O)OCc1ccccc1Cl. The molecule has 730 valence electrons. The van der Waals surface area contributed by atoms with Crippen LogP contribution in [0.5, 0.6) is 0 Å². The lowest BCUT2D eigenvalue weighted by Gasteiger charge is -2.31. The lowest BCUT2D eigenvalue weighted by molar-refractivity contribution is -0.129. The number of nitrogens with zero attached hydrogens (tertiary/aromatic N) is 2. The van der Waals surface area contributed by atoms with Crippen LogP contribution in [0.4, 0.5) is 19.2 Å². The minimum atomic E-state index is -1.02. The van der Waals surface area contributed by atoms with Crippen LogP contribution in [-0.2, 0) is 94.9 Å². The molecular formula is C92H132Cl4N20O17. The van der Waals surface area contributed by atoms with Crippen LogP contribution in [0.3, 0.4) is 0 Å². The minimum absolute atomic E-state index is 0.00106. The molecule has 6 aromatic rings. The van der Waals surface area contributed by atoms with Crippen molar-refractivity contribution in [2.75, 3.05) is 118 Å². The molecule has 0 fully saturated rings. The number of unbranched alkanes of at least 4 members (excludes halogenated alkanes) is 5. The van der Waals surface area contributed by atoms with Gasteiger partial charge in [0.2, 0.25) is 53.2 Å². The standard InChI is InChI=1S/C92H132Cl4N20O17/c93-70-26-6-1-22-65(70)60-130-89(126)111-75(31-11-16-41-97)84(121)106-50-46-101-80(117)37-55-115(56-38-81(118)102-47-51-107-85(122)76(32-12-17-42-98)112-90(127)131-61-66-23-2-7-27-71(66)94)54-20-15-35-79(88(125)105-45-36-69-59-64-21-5-10-30-74(64)110-69)116(57-39-82(119)103-48-52-108-86(123)77(33-13-18-43-99)113-91(128)132-62-67-24-3-8-28-72(67)95)58-40-83(120)104-49-53-109-87(124)78(34-14-19-44-100)114-92(129)133-63-68-25-4-9-29-73(68)96/h1-10,21-30,59,75-79,110H,11-20,31-58,60-63,97-100H2,(H,101,117)(H,102,118)(H,103,119)(H,104,120)(H,105,125)(H,106,121)(H,107,122)(H,108,123)(H,109,124)(H,111,126)(H,112,127)(H,113,128)(H,114,129)/t75-,76-,77-,78-,79+/m0/s1. The third kappa shape index (κ3) is 45.9. The molecule has 13 amide bonds. The highest BCUT2D eigenvalue weighted by molar-refractivity contribution is 6.32. The van der Waals surface area contributed by atoms with Gasteiger partial charge >= 0.3 is 24.4 Å². The molecule has 0 aliphatic carbocycles.